The number of amidine groups is 1. The molecule has 1 fully saturated rings. The van der Waals surface area contributed by atoms with Crippen LogP contribution in [-0.4, -0.2) is 31.3 Å². The van der Waals surface area contributed by atoms with Crippen molar-refractivity contribution in [1.29, 1.82) is 0 Å². The Bertz CT molecular complexity index is 1290. The molecule has 0 saturated carbocycles. The molecule has 0 bridgehead atoms. The Kier molecular flexibility index (Phi) is 7.57. The fraction of sp³-hybridized carbons (Fsp3) is 0.192. The molecule has 0 spiro atoms. The van der Waals surface area contributed by atoms with Crippen molar-refractivity contribution in [2.45, 2.75) is 20.0 Å². The number of aliphatic imine (C=N–C) groups is 1. The highest BCUT2D eigenvalue weighted by molar-refractivity contribution is 8.18. The predicted octanol–water partition coefficient (Wildman–Crippen LogP) is 5.11. The van der Waals surface area contributed by atoms with Crippen molar-refractivity contribution >= 4 is 40.6 Å². The Balaban J connectivity index is 1.44. The van der Waals surface area contributed by atoms with E-state index in [4.69, 9.17) is 13.9 Å². The number of ether oxygens (including phenoxy) is 3. The van der Waals surface area contributed by atoms with Crippen molar-refractivity contribution in [3.8, 4) is 11.5 Å². The van der Waals surface area contributed by atoms with Crippen LogP contribution in [0.2, 0.25) is 0 Å². The van der Waals surface area contributed by atoms with Gasteiger partial charge in [0.2, 0.25) is 5.76 Å². The maximum Gasteiger partial charge on any atom is 0.373 e. The Morgan fingerprint density at radius 2 is 1.89 bits per heavy atom. The van der Waals surface area contributed by atoms with E-state index in [1.54, 1.807) is 24.3 Å². The van der Waals surface area contributed by atoms with Gasteiger partial charge in [-0.25, -0.2) is 9.79 Å². The zero-order chi connectivity index (χ0) is 24.8. The summed E-state index contributed by atoms with van der Waals surface area (Å²) >= 11 is 1.28. The summed E-state index contributed by atoms with van der Waals surface area (Å²) in [4.78, 5) is 29.0. The number of rotatable bonds is 8. The van der Waals surface area contributed by atoms with Gasteiger partial charge in [0.1, 0.15) is 12.4 Å². The number of thioether (sulfide) groups is 1. The molecular weight excluding hydrogens is 468 g/mol. The average molecular weight is 493 g/mol. The van der Waals surface area contributed by atoms with Crippen LogP contribution in [0.3, 0.4) is 0 Å². The van der Waals surface area contributed by atoms with Crippen molar-refractivity contribution in [3.63, 3.8) is 0 Å². The van der Waals surface area contributed by atoms with Crippen molar-refractivity contribution in [2.75, 3.05) is 14.2 Å². The van der Waals surface area contributed by atoms with Gasteiger partial charge in [-0.2, -0.15) is 0 Å². The zero-order valence-electron chi connectivity index (χ0n) is 19.5. The molecule has 2 aromatic carbocycles. The Morgan fingerprint density at radius 3 is 2.60 bits per heavy atom. The number of carbonyl (C=O) groups excluding carboxylic acids is 2. The summed E-state index contributed by atoms with van der Waals surface area (Å²) < 4.78 is 21.3. The summed E-state index contributed by atoms with van der Waals surface area (Å²) in [6.45, 7) is 2.20. The number of furan rings is 1. The predicted molar refractivity (Wildman–Crippen MR) is 134 cm³/mol. The number of nitrogens with zero attached hydrogens (tertiary/aromatic N) is 1. The Morgan fingerprint density at radius 1 is 1.09 bits per heavy atom. The van der Waals surface area contributed by atoms with Gasteiger partial charge in [0.15, 0.2) is 16.7 Å². The van der Waals surface area contributed by atoms with E-state index in [2.05, 4.69) is 22.0 Å². The van der Waals surface area contributed by atoms with Crippen LogP contribution in [0.4, 0.5) is 5.69 Å². The van der Waals surface area contributed by atoms with Crippen molar-refractivity contribution in [1.82, 2.24) is 5.32 Å². The number of hydrogen-bond donors (Lipinski definition) is 1. The van der Waals surface area contributed by atoms with Crippen LogP contribution in [0.1, 0.15) is 34.4 Å². The Labute approximate surface area is 207 Å². The lowest BCUT2D eigenvalue weighted by Gasteiger charge is -2.10. The van der Waals surface area contributed by atoms with Gasteiger partial charge in [-0.3, -0.25) is 4.79 Å². The number of nitrogens with one attached hydrogen (secondary N) is 1. The third-order valence-corrected chi connectivity index (χ3v) is 6.04. The smallest absolute Gasteiger partial charge is 0.373 e. The molecule has 1 aliphatic heterocycles. The Hall–Kier alpha value is -3.98. The topological polar surface area (TPSA) is 99.4 Å². The SMILES string of the molecule is CCc1ccc(N=C2NC(=O)C(=Cc3ccc(OCc4ccc(C(=O)OC)o4)c(OC)c3)S2)cc1. The lowest BCUT2D eigenvalue weighted by atomic mass is 10.2. The number of amides is 1. The molecule has 1 aromatic heterocycles. The van der Waals surface area contributed by atoms with Gasteiger partial charge in [0, 0.05) is 0 Å². The summed E-state index contributed by atoms with van der Waals surface area (Å²) in [7, 11) is 2.82. The molecule has 1 amide bonds. The summed E-state index contributed by atoms with van der Waals surface area (Å²) in [6.07, 6.45) is 2.73. The van der Waals surface area contributed by atoms with Crippen molar-refractivity contribution in [3.05, 3.63) is 82.1 Å². The quantitative estimate of drug-likeness (QED) is 0.345. The van der Waals surface area contributed by atoms with E-state index in [1.165, 1.54) is 37.6 Å². The third-order valence-electron chi connectivity index (χ3n) is 5.13. The molecule has 180 valence electrons. The molecular formula is C26H24N2O6S. The zero-order valence-corrected chi connectivity index (χ0v) is 20.3. The number of esters is 1. The molecule has 4 rings (SSSR count). The van der Waals surface area contributed by atoms with Crippen LogP contribution < -0.4 is 14.8 Å². The lowest BCUT2D eigenvalue weighted by Crippen LogP contribution is -2.19. The summed E-state index contributed by atoms with van der Waals surface area (Å²) in [6, 6.07) is 16.4. The first-order chi connectivity index (χ1) is 17.0. The fourth-order valence-corrected chi connectivity index (χ4v) is 4.11. The summed E-state index contributed by atoms with van der Waals surface area (Å²) in [5.41, 5.74) is 2.78. The maximum absolute atomic E-state index is 12.5. The van der Waals surface area contributed by atoms with Crippen LogP contribution in [-0.2, 0) is 22.6 Å². The molecule has 0 atom stereocenters. The minimum Gasteiger partial charge on any atom is -0.493 e. The highest BCUT2D eigenvalue weighted by Gasteiger charge is 2.24. The largest absolute Gasteiger partial charge is 0.493 e. The molecule has 1 N–H and O–H groups in total. The average Bonchev–Trinajstić information content (AvgIpc) is 3.49. The monoisotopic (exact) mass is 492 g/mol. The van der Waals surface area contributed by atoms with Crippen LogP contribution in [0, 0.1) is 0 Å². The van der Waals surface area contributed by atoms with Gasteiger partial charge >= 0.3 is 5.97 Å². The first kappa shape index (κ1) is 24.2. The van der Waals surface area contributed by atoms with Gasteiger partial charge in [0.25, 0.3) is 5.91 Å². The number of methoxy groups -OCH3 is 2. The molecule has 2 heterocycles. The highest BCUT2D eigenvalue weighted by Crippen LogP contribution is 2.33. The minimum absolute atomic E-state index is 0.102. The normalized spacial score (nSPS) is 15.3. The van der Waals surface area contributed by atoms with Crippen molar-refractivity contribution in [2.24, 2.45) is 4.99 Å². The third kappa shape index (κ3) is 5.93. The molecule has 9 heteroatoms. The van der Waals surface area contributed by atoms with E-state index >= 15 is 0 Å². The number of aryl methyl sites for hydroxylation is 1. The van der Waals surface area contributed by atoms with Gasteiger partial charge in [-0.05, 0) is 71.8 Å². The molecule has 35 heavy (non-hydrogen) atoms. The second-order valence-corrected chi connectivity index (χ2v) is 8.49. The van der Waals surface area contributed by atoms with Gasteiger partial charge in [0.05, 0.1) is 24.8 Å². The standard InChI is InChI=1S/C26H24N2O6S/c1-4-16-5-8-18(9-6-16)27-26-28-24(29)23(35-26)14-17-7-11-20(22(13-17)31-2)33-15-19-10-12-21(34-19)25(30)32-3/h5-14H,4,15H2,1-3H3,(H,27,28,29). The molecule has 1 aliphatic rings. The van der Waals surface area contributed by atoms with Crippen LogP contribution in [0.15, 0.2) is 68.9 Å². The summed E-state index contributed by atoms with van der Waals surface area (Å²) in [5, 5.41) is 3.33. The molecule has 1 saturated heterocycles. The minimum atomic E-state index is -0.553. The van der Waals surface area contributed by atoms with Gasteiger partial charge in [-0.1, -0.05) is 25.1 Å². The van der Waals surface area contributed by atoms with Crippen LogP contribution in [0.5, 0.6) is 11.5 Å². The van der Waals surface area contributed by atoms with E-state index in [0.717, 1.165) is 17.7 Å². The fourth-order valence-electron chi connectivity index (χ4n) is 3.26. The first-order valence-electron chi connectivity index (χ1n) is 10.9. The van der Waals surface area contributed by atoms with Crippen LogP contribution >= 0.6 is 11.8 Å². The number of hydrogen-bond acceptors (Lipinski definition) is 8. The second-order valence-electron chi connectivity index (χ2n) is 7.46. The molecule has 3 aromatic rings. The van der Waals surface area contributed by atoms with E-state index in [1.807, 2.05) is 30.3 Å². The van der Waals surface area contributed by atoms with Crippen LogP contribution in [0.25, 0.3) is 6.08 Å². The molecule has 0 aliphatic carbocycles. The van der Waals surface area contributed by atoms with E-state index in [-0.39, 0.29) is 18.3 Å². The summed E-state index contributed by atoms with van der Waals surface area (Å²) in [5.74, 6) is 0.793. The van der Waals surface area contributed by atoms with Gasteiger partial charge in [-0.15, -0.1) is 0 Å². The van der Waals surface area contributed by atoms with E-state index < -0.39 is 5.97 Å². The molecule has 0 unspecified atom stereocenters. The molecule has 0 radical (unpaired) electrons. The number of carbonyl (C=O) groups is 2. The molecule has 8 nitrogen and oxygen atoms in total. The maximum atomic E-state index is 12.5. The van der Waals surface area contributed by atoms with E-state index in [9.17, 15) is 9.59 Å². The highest BCUT2D eigenvalue weighted by atomic mass is 32.2. The first-order valence-corrected chi connectivity index (χ1v) is 11.7. The van der Waals surface area contributed by atoms with Crippen molar-refractivity contribution < 1.29 is 28.2 Å². The lowest BCUT2D eigenvalue weighted by molar-refractivity contribution is -0.115. The van der Waals surface area contributed by atoms with Gasteiger partial charge < -0.3 is 23.9 Å². The van der Waals surface area contributed by atoms with E-state index in [0.29, 0.717) is 27.3 Å². The second kappa shape index (κ2) is 11.0. The number of benzene rings is 2.